The number of hydrogen-bond acceptors (Lipinski definition) is 3. The first-order chi connectivity index (χ1) is 14.9. The Morgan fingerprint density at radius 2 is 1.52 bits per heavy atom. The average molecular weight is 423 g/mol. The fourth-order valence-electron chi connectivity index (χ4n) is 4.45. The lowest BCUT2D eigenvalue weighted by atomic mass is 9.92. The summed E-state index contributed by atoms with van der Waals surface area (Å²) in [5.41, 5.74) is 1.43. The van der Waals surface area contributed by atoms with Crippen LogP contribution in [0.5, 0.6) is 0 Å². The summed E-state index contributed by atoms with van der Waals surface area (Å²) >= 11 is 0. The number of urea groups is 1. The van der Waals surface area contributed by atoms with Crippen LogP contribution in [0.2, 0.25) is 0 Å². The third kappa shape index (κ3) is 7.10. The molecule has 1 aliphatic rings. The minimum Gasteiger partial charge on any atom is -0.334 e. The van der Waals surface area contributed by atoms with E-state index < -0.39 is 6.04 Å². The predicted molar refractivity (Wildman–Crippen MR) is 125 cm³/mol. The summed E-state index contributed by atoms with van der Waals surface area (Å²) in [6.45, 7) is 9.49. The van der Waals surface area contributed by atoms with Gasteiger partial charge in [-0.25, -0.2) is 4.79 Å². The molecule has 166 valence electrons. The Kier molecular flexibility index (Phi) is 8.06. The molecule has 2 aromatic carbocycles. The highest BCUT2D eigenvalue weighted by atomic mass is 16.2. The standard InChI is InChI=1S/C25H34N4O2/c1-18-14-19(2)16-29(15-18)17-20(3)26-25(31)28-23(21-10-6-4-7-11-21)24(30)27-22-12-8-5-9-13-22/h4-13,18-20,23H,14-17H2,1-3H3,(H,27,30)(H2,26,28,31)/t18-,19+,20-,23-/m1/s1. The van der Waals surface area contributed by atoms with Crippen LogP contribution in [0.4, 0.5) is 10.5 Å². The summed E-state index contributed by atoms with van der Waals surface area (Å²) < 4.78 is 0. The molecular weight excluding hydrogens is 388 g/mol. The maximum absolute atomic E-state index is 13.0. The number of nitrogens with one attached hydrogen (secondary N) is 3. The molecule has 1 fully saturated rings. The highest BCUT2D eigenvalue weighted by Gasteiger charge is 2.25. The van der Waals surface area contributed by atoms with Crippen LogP contribution in [-0.2, 0) is 4.79 Å². The van der Waals surface area contributed by atoms with Crippen LogP contribution in [0.1, 0.15) is 38.8 Å². The summed E-state index contributed by atoms with van der Waals surface area (Å²) in [5.74, 6) is 1.07. The molecule has 6 nitrogen and oxygen atoms in total. The molecule has 0 spiro atoms. The van der Waals surface area contributed by atoms with Crippen LogP contribution < -0.4 is 16.0 Å². The minimum atomic E-state index is -0.788. The first-order valence-electron chi connectivity index (χ1n) is 11.1. The Bertz CT molecular complexity index is 833. The van der Waals surface area contributed by atoms with E-state index in [4.69, 9.17) is 0 Å². The molecule has 1 saturated heterocycles. The van der Waals surface area contributed by atoms with E-state index in [1.807, 2.05) is 67.6 Å². The Labute approximate surface area is 185 Å². The van der Waals surface area contributed by atoms with Crippen molar-refractivity contribution in [3.63, 3.8) is 0 Å². The molecule has 3 N–H and O–H groups in total. The Morgan fingerprint density at radius 3 is 2.13 bits per heavy atom. The van der Waals surface area contributed by atoms with Crippen LogP contribution in [0.25, 0.3) is 0 Å². The van der Waals surface area contributed by atoms with Crippen LogP contribution >= 0.6 is 0 Å². The van der Waals surface area contributed by atoms with Crippen molar-refractivity contribution in [2.75, 3.05) is 25.0 Å². The second-order valence-electron chi connectivity index (χ2n) is 8.88. The number of piperidine rings is 1. The number of hydrogen-bond donors (Lipinski definition) is 3. The third-order valence-electron chi connectivity index (χ3n) is 5.57. The molecule has 3 rings (SSSR count). The molecule has 4 atom stereocenters. The highest BCUT2D eigenvalue weighted by molar-refractivity contribution is 5.97. The summed E-state index contributed by atoms with van der Waals surface area (Å²) in [5, 5.41) is 8.75. The third-order valence-corrected chi connectivity index (χ3v) is 5.57. The number of anilines is 1. The van der Waals surface area contributed by atoms with Crippen molar-refractivity contribution in [2.45, 2.75) is 39.3 Å². The first-order valence-corrected chi connectivity index (χ1v) is 11.1. The molecule has 0 unspecified atom stereocenters. The molecule has 0 bridgehead atoms. The van der Waals surface area contributed by atoms with Gasteiger partial charge >= 0.3 is 6.03 Å². The summed E-state index contributed by atoms with van der Waals surface area (Å²) in [4.78, 5) is 28.1. The van der Waals surface area contributed by atoms with Crippen molar-refractivity contribution >= 4 is 17.6 Å². The SMILES string of the molecule is C[C@@H]1C[C@H](C)CN(C[C@@H](C)NC(=O)N[C@@H](C(=O)Nc2ccccc2)c2ccccc2)C1. The van der Waals surface area contributed by atoms with Crippen molar-refractivity contribution in [1.82, 2.24) is 15.5 Å². The molecule has 1 heterocycles. The zero-order chi connectivity index (χ0) is 22.2. The van der Waals surface area contributed by atoms with E-state index >= 15 is 0 Å². The van der Waals surface area contributed by atoms with Gasteiger partial charge in [-0.2, -0.15) is 0 Å². The Balaban J connectivity index is 1.61. The van der Waals surface area contributed by atoms with Crippen molar-refractivity contribution in [3.8, 4) is 0 Å². The summed E-state index contributed by atoms with van der Waals surface area (Å²) in [6, 6.07) is 17.4. The van der Waals surface area contributed by atoms with E-state index in [9.17, 15) is 9.59 Å². The average Bonchev–Trinajstić information content (AvgIpc) is 2.72. The number of para-hydroxylation sites is 1. The van der Waals surface area contributed by atoms with Gasteiger partial charge in [0, 0.05) is 31.4 Å². The lowest BCUT2D eigenvalue weighted by Crippen LogP contribution is -2.50. The van der Waals surface area contributed by atoms with E-state index in [0.29, 0.717) is 17.5 Å². The fourth-order valence-corrected chi connectivity index (χ4v) is 4.45. The van der Waals surface area contributed by atoms with Gasteiger partial charge < -0.3 is 20.9 Å². The van der Waals surface area contributed by atoms with Gasteiger partial charge in [0.2, 0.25) is 0 Å². The summed E-state index contributed by atoms with van der Waals surface area (Å²) in [6.07, 6.45) is 1.26. The van der Waals surface area contributed by atoms with Gasteiger partial charge in [0.1, 0.15) is 6.04 Å². The van der Waals surface area contributed by atoms with Gasteiger partial charge in [0.15, 0.2) is 0 Å². The van der Waals surface area contributed by atoms with Crippen molar-refractivity contribution in [2.24, 2.45) is 11.8 Å². The Morgan fingerprint density at radius 1 is 0.935 bits per heavy atom. The normalized spacial score (nSPS) is 21.0. The highest BCUT2D eigenvalue weighted by Crippen LogP contribution is 2.21. The fraction of sp³-hybridized carbons (Fsp3) is 0.440. The zero-order valence-electron chi connectivity index (χ0n) is 18.7. The van der Waals surface area contributed by atoms with Crippen LogP contribution in [0.15, 0.2) is 60.7 Å². The molecule has 31 heavy (non-hydrogen) atoms. The molecule has 0 saturated carbocycles. The zero-order valence-corrected chi connectivity index (χ0v) is 18.7. The quantitative estimate of drug-likeness (QED) is 0.631. The minimum absolute atomic E-state index is 0.0221. The van der Waals surface area contributed by atoms with E-state index in [1.165, 1.54) is 6.42 Å². The number of nitrogens with zero attached hydrogens (tertiary/aromatic N) is 1. The second-order valence-corrected chi connectivity index (χ2v) is 8.88. The number of carbonyl (C=O) groups excluding carboxylic acids is 2. The number of rotatable bonds is 7. The molecule has 0 aliphatic carbocycles. The predicted octanol–water partition coefficient (Wildman–Crippen LogP) is 4.03. The number of carbonyl (C=O) groups is 2. The van der Waals surface area contributed by atoms with Crippen molar-refractivity contribution < 1.29 is 9.59 Å². The first kappa shape index (κ1) is 22.8. The molecule has 0 aromatic heterocycles. The van der Waals surface area contributed by atoms with Gasteiger partial charge in [-0.05, 0) is 42.9 Å². The van der Waals surface area contributed by atoms with Crippen LogP contribution in [-0.4, -0.2) is 42.5 Å². The van der Waals surface area contributed by atoms with Gasteiger partial charge in [-0.15, -0.1) is 0 Å². The number of likely N-dealkylation sites (tertiary alicyclic amines) is 1. The van der Waals surface area contributed by atoms with E-state index in [2.05, 4.69) is 34.7 Å². The van der Waals surface area contributed by atoms with Crippen LogP contribution in [0, 0.1) is 11.8 Å². The topological polar surface area (TPSA) is 73.5 Å². The largest absolute Gasteiger partial charge is 0.334 e. The maximum atomic E-state index is 13.0. The molecule has 1 aliphatic heterocycles. The second kappa shape index (κ2) is 11.0. The molecule has 3 amide bonds. The van der Waals surface area contributed by atoms with E-state index in [-0.39, 0.29) is 18.0 Å². The lowest BCUT2D eigenvalue weighted by molar-refractivity contribution is -0.118. The van der Waals surface area contributed by atoms with E-state index in [1.54, 1.807) is 0 Å². The monoisotopic (exact) mass is 422 g/mol. The lowest BCUT2D eigenvalue weighted by Gasteiger charge is -2.36. The van der Waals surface area contributed by atoms with E-state index in [0.717, 1.165) is 25.2 Å². The summed E-state index contributed by atoms with van der Waals surface area (Å²) in [7, 11) is 0. The molecule has 2 aromatic rings. The van der Waals surface area contributed by atoms with Crippen molar-refractivity contribution in [1.29, 1.82) is 0 Å². The Hall–Kier alpha value is -2.86. The van der Waals surface area contributed by atoms with Gasteiger partial charge in [-0.3, -0.25) is 4.79 Å². The molecule has 6 heteroatoms. The molecule has 0 radical (unpaired) electrons. The van der Waals surface area contributed by atoms with Gasteiger partial charge in [0.25, 0.3) is 5.91 Å². The number of benzene rings is 2. The maximum Gasteiger partial charge on any atom is 0.315 e. The number of amides is 3. The van der Waals surface area contributed by atoms with Gasteiger partial charge in [-0.1, -0.05) is 62.4 Å². The smallest absolute Gasteiger partial charge is 0.315 e. The van der Waals surface area contributed by atoms with Crippen LogP contribution in [0.3, 0.4) is 0 Å². The van der Waals surface area contributed by atoms with Crippen molar-refractivity contribution in [3.05, 3.63) is 66.2 Å². The molecular formula is C25H34N4O2. The van der Waals surface area contributed by atoms with Gasteiger partial charge in [0.05, 0.1) is 0 Å².